The molecule has 106 valence electrons. The number of rotatable bonds is 5. The van der Waals surface area contributed by atoms with Crippen molar-refractivity contribution >= 4 is 11.4 Å². The molecule has 0 unspecified atom stereocenters. The second-order valence-corrected chi connectivity index (χ2v) is 5.28. The molecular weight excluding hydrogens is 246 g/mol. The Morgan fingerprint density at radius 3 is 2.35 bits per heavy atom. The van der Waals surface area contributed by atoms with Crippen molar-refractivity contribution in [3.63, 3.8) is 0 Å². The zero-order valence-corrected chi connectivity index (χ0v) is 12.7. The van der Waals surface area contributed by atoms with Gasteiger partial charge in [-0.1, -0.05) is 25.1 Å². The molecule has 0 aliphatic carbocycles. The van der Waals surface area contributed by atoms with E-state index in [4.69, 9.17) is 4.74 Å². The zero-order chi connectivity index (χ0) is 14.5. The van der Waals surface area contributed by atoms with E-state index in [0.717, 1.165) is 17.9 Å². The minimum atomic E-state index is 0.205. The van der Waals surface area contributed by atoms with Crippen LogP contribution < -0.4 is 10.1 Å². The Morgan fingerprint density at radius 1 is 1.05 bits per heavy atom. The number of nitrogens with one attached hydrogen (secondary N) is 1. The Morgan fingerprint density at radius 2 is 1.75 bits per heavy atom. The first-order valence-corrected chi connectivity index (χ1v) is 7.22. The smallest absolute Gasteiger partial charge is 0.119 e. The highest BCUT2D eigenvalue weighted by molar-refractivity contribution is 5.67. The minimum Gasteiger partial charge on any atom is -0.491 e. The van der Waals surface area contributed by atoms with Gasteiger partial charge in [0.2, 0.25) is 0 Å². The molecule has 2 aromatic carbocycles. The fourth-order valence-electron chi connectivity index (χ4n) is 2.24. The number of aryl methyl sites for hydroxylation is 2. The Bertz CT molecular complexity index is 558. The van der Waals surface area contributed by atoms with E-state index in [9.17, 15) is 0 Å². The van der Waals surface area contributed by atoms with Crippen LogP contribution in [0.5, 0.6) is 5.75 Å². The Labute approximate surface area is 121 Å². The maximum absolute atomic E-state index is 5.66. The highest BCUT2D eigenvalue weighted by Crippen LogP contribution is 2.26. The van der Waals surface area contributed by atoms with Gasteiger partial charge in [0, 0.05) is 11.4 Å². The van der Waals surface area contributed by atoms with Gasteiger partial charge in [-0.2, -0.15) is 0 Å². The summed E-state index contributed by atoms with van der Waals surface area (Å²) in [6.07, 6.45) is 1.23. The lowest BCUT2D eigenvalue weighted by molar-refractivity contribution is 0.242. The first-order chi connectivity index (χ1) is 9.60. The Hall–Kier alpha value is -1.96. The van der Waals surface area contributed by atoms with Crippen molar-refractivity contribution in [3.05, 3.63) is 53.6 Å². The number of ether oxygens (including phenoxy) is 1. The molecule has 0 fully saturated rings. The molecule has 0 saturated carbocycles. The predicted octanol–water partition coefficient (Wildman–Crippen LogP) is 5.09. The normalized spacial score (nSPS) is 10.7. The molecule has 2 nitrogen and oxygen atoms in total. The maximum Gasteiger partial charge on any atom is 0.119 e. The summed E-state index contributed by atoms with van der Waals surface area (Å²) in [7, 11) is 0. The number of hydrogen-bond acceptors (Lipinski definition) is 2. The van der Waals surface area contributed by atoms with Gasteiger partial charge < -0.3 is 10.1 Å². The average molecular weight is 269 g/mol. The van der Waals surface area contributed by atoms with Crippen LogP contribution in [0.2, 0.25) is 0 Å². The van der Waals surface area contributed by atoms with Crippen LogP contribution in [0.15, 0.2) is 42.5 Å². The van der Waals surface area contributed by atoms with E-state index in [-0.39, 0.29) is 6.10 Å². The summed E-state index contributed by atoms with van der Waals surface area (Å²) < 4.78 is 5.66. The van der Waals surface area contributed by atoms with Crippen LogP contribution in [-0.2, 0) is 6.42 Å². The second kappa shape index (κ2) is 6.47. The highest BCUT2D eigenvalue weighted by Gasteiger charge is 2.05. The number of para-hydroxylation sites is 1. The molecule has 0 spiro atoms. The molecular formula is C18H23NO. The third-order valence-electron chi connectivity index (χ3n) is 3.24. The van der Waals surface area contributed by atoms with Crippen molar-refractivity contribution in [3.8, 4) is 5.75 Å². The lowest BCUT2D eigenvalue weighted by Crippen LogP contribution is -2.05. The number of hydrogen-bond donors (Lipinski definition) is 1. The van der Waals surface area contributed by atoms with Crippen molar-refractivity contribution in [2.24, 2.45) is 0 Å². The van der Waals surface area contributed by atoms with E-state index < -0.39 is 0 Å². The van der Waals surface area contributed by atoms with Gasteiger partial charge in [0.1, 0.15) is 5.75 Å². The number of anilines is 2. The van der Waals surface area contributed by atoms with Crippen LogP contribution in [0.4, 0.5) is 11.4 Å². The van der Waals surface area contributed by atoms with Crippen LogP contribution in [0.3, 0.4) is 0 Å². The Kier molecular flexibility index (Phi) is 4.67. The van der Waals surface area contributed by atoms with E-state index in [1.165, 1.54) is 16.8 Å². The molecule has 2 rings (SSSR count). The summed E-state index contributed by atoms with van der Waals surface area (Å²) >= 11 is 0. The van der Waals surface area contributed by atoms with Crippen LogP contribution in [-0.4, -0.2) is 6.10 Å². The summed E-state index contributed by atoms with van der Waals surface area (Å²) in [6, 6.07) is 14.5. The molecule has 0 aliphatic heterocycles. The fourth-order valence-corrected chi connectivity index (χ4v) is 2.24. The highest BCUT2D eigenvalue weighted by atomic mass is 16.5. The van der Waals surface area contributed by atoms with Gasteiger partial charge in [-0.25, -0.2) is 0 Å². The standard InChI is InChI=1S/C18H23NO/c1-5-15-8-6-7-14(4)18(15)19-16-9-11-17(12-10-16)20-13(2)3/h6-13,19H,5H2,1-4H3. The fraction of sp³-hybridized carbons (Fsp3) is 0.333. The minimum absolute atomic E-state index is 0.205. The number of benzene rings is 2. The van der Waals surface area contributed by atoms with E-state index in [2.05, 4.69) is 49.5 Å². The molecule has 0 saturated heterocycles. The summed E-state index contributed by atoms with van der Waals surface area (Å²) in [5.74, 6) is 0.908. The first kappa shape index (κ1) is 14.4. The van der Waals surface area contributed by atoms with E-state index in [0.29, 0.717) is 0 Å². The molecule has 0 atom stereocenters. The third-order valence-corrected chi connectivity index (χ3v) is 3.24. The van der Waals surface area contributed by atoms with Crippen LogP contribution in [0.25, 0.3) is 0 Å². The molecule has 0 aliphatic rings. The lowest BCUT2D eigenvalue weighted by atomic mass is 10.1. The molecule has 1 N–H and O–H groups in total. The molecule has 2 heteroatoms. The van der Waals surface area contributed by atoms with Gasteiger partial charge >= 0.3 is 0 Å². The Balaban J connectivity index is 2.18. The summed E-state index contributed by atoms with van der Waals surface area (Å²) in [5, 5.41) is 3.52. The predicted molar refractivity (Wildman–Crippen MR) is 86.0 cm³/mol. The summed E-state index contributed by atoms with van der Waals surface area (Å²) in [6.45, 7) is 8.39. The summed E-state index contributed by atoms with van der Waals surface area (Å²) in [5.41, 5.74) is 4.91. The van der Waals surface area contributed by atoms with E-state index in [1.54, 1.807) is 0 Å². The van der Waals surface area contributed by atoms with Gasteiger partial charge in [-0.3, -0.25) is 0 Å². The van der Waals surface area contributed by atoms with Crippen molar-refractivity contribution < 1.29 is 4.74 Å². The molecule has 0 radical (unpaired) electrons. The average Bonchev–Trinajstić information content (AvgIpc) is 2.42. The molecule has 20 heavy (non-hydrogen) atoms. The van der Waals surface area contributed by atoms with Gasteiger partial charge in [0.15, 0.2) is 0 Å². The third kappa shape index (κ3) is 3.53. The molecule has 2 aromatic rings. The van der Waals surface area contributed by atoms with Crippen molar-refractivity contribution in [2.45, 2.75) is 40.2 Å². The maximum atomic E-state index is 5.66. The molecule has 0 amide bonds. The van der Waals surface area contributed by atoms with Crippen molar-refractivity contribution in [2.75, 3.05) is 5.32 Å². The van der Waals surface area contributed by atoms with E-state index in [1.807, 2.05) is 26.0 Å². The van der Waals surface area contributed by atoms with Gasteiger partial charge in [0.05, 0.1) is 6.10 Å². The van der Waals surface area contributed by atoms with Crippen LogP contribution in [0.1, 0.15) is 31.9 Å². The summed E-state index contributed by atoms with van der Waals surface area (Å²) in [4.78, 5) is 0. The topological polar surface area (TPSA) is 21.3 Å². The second-order valence-electron chi connectivity index (χ2n) is 5.28. The van der Waals surface area contributed by atoms with Gasteiger partial charge in [-0.05, 0) is 62.6 Å². The van der Waals surface area contributed by atoms with Crippen molar-refractivity contribution in [1.29, 1.82) is 0 Å². The lowest BCUT2D eigenvalue weighted by Gasteiger charge is -2.15. The molecule has 0 heterocycles. The van der Waals surface area contributed by atoms with Crippen LogP contribution in [0, 0.1) is 6.92 Å². The van der Waals surface area contributed by atoms with Gasteiger partial charge in [-0.15, -0.1) is 0 Å². The molecule has 0 bridgehead atoms. The van der Waals surface area contributed by atoms with Crippen molar-refractivity contribution in [1.82, 2.24) is 0 Å². The van der Waals surface area contributed by atoms with E-state index >= 15 is 0 Å². The van der Waals surface area contributed by atoms with Gasteiger partial charge in [0.25, 0.3) is 0 Å². The SMILES string of the molecule is CCc1cccc(C)c1Nc1ccc(OC(C)C)cc1. The van der Waals surface area contributed by atoms with Crippen LogP contribution >= 0.6 is 0 Å². The molecule has 0 aromatic heterocycles. The first-order valence-electron chi connectivity index (χ1n) is 7.22. The largest absolute Gasteiger partial charge is 0.491 e. The monoisotopic (exact) mass is 269 g/mol. The zero-order valence-electron chi connectivity index (χ0n) is 12.7. The quantitative estimate of drug-likeness (QED) is 0.816.